The zero-order valence-corrected chi connectivity index (χ0v) is 10.9. The van der Waals surface area contributed by atoms with Gasteiger partial charge in [0.1, 0.15) is 0 Å². The summed E-state index contributed by atoms with van der Waals surface area (Å²) >= 11 is 0. The standard InChI is InChI=1S/C15H22N2/c1-11-3-4-13(5-12(11)2)8-17-9-14-6-16-7-15(14)10-17/h3-5,14-16H,6-10H2,1-2H3. The molecule has 0 bridgehead atoms. The van der Waals surface area contributed by atoms with Gasteiger partial charge in [-0.15, -0.1) is 0 Å². The fourth-order valence-corrected chi connectivity index (χ4v) is 3.24. The predicted molar refractivity (Wildman–Crippen MR) is 71.0 cm³/mol. The number of hydrogen-bond donors (Lipinski definition) is 1. The number of hydrogen-bond acceptors (Lipinski definition) is 2. The number of likely N-dealkylation sites (tertiary alicyclic amines) is 1. The van der Waals surface area contributed by atoms with Crippen LogP contribution in [0.2, 0.25) is 0 Å². The minimum Gasteiger partial charge on any atom is -0.316 e. The molecule has 2 aliphatic rings. The minimum absolute atomic E-state index is 0.904. The highest BCUT2D eigenvalue weighted by Gasteiger charge is 2.35. The molecular formula is C15H22N2. The van der Waals surface area contributed by atoms with Gasteiger partial charge < -0.3 is 5.32 Å². The average molecular weight is 230 g/mol. The van der Waals surface area contributed by atoms with E-state index in [1.165, 1.54) is 42.9 Å². The summed E-state index contributed by atoms with van der Waals surface area (Å²) in [5.41, 5.74) is 4.29. The van der Waals surface area contributed by atoms with Crippen molar-refractivity contribution in [3.8, 4) is 0 Å². The van der Waals surface area contributed by atoms with Crippen LogP contribution in [0.4, 0.5) is 0 Å². The molecule has 0 aliphatic carbocycles. The van der Waals surface area contributed by atoms with E-state index in [1.807, 2.05) is 0 Å². The normalized spacial score (nSPS) is 28.6. The minimum atomic E-state index is 0.904. The van der Waals surface area contributed by atoms with Gasteiger partial charge in [0.2, 0.25) is 0 Å². The highest BCUT2D eigenvalue weighted by molar-refractivity contribution is 5.29. The van der Waals surface area contributed by atoms with Gasteiger partial charge in [-0.05, 0) is 55.5 Å². The van der Waals surface area contributed by atoms with E-state index in [9.17, 15) is 0 Å². The maximum atomic E-state index is 3.50. The van der Waals surface area contributed by atoms with Gasteiger partial charge in [-0.2, -0.15) is 0 Å². The molecule has 2 fully saturated rings. The van der Waals surface area contributed by atoms with Gasteiger partial charge in [-0.3, -0.25) is 4.90 Å². The molecule has 0 radical (unpaired) electrons. The first kappa shape index (κ1) is 11.2. The molecule has 0 aromatic heterocycles. The summed E-state index contributed by atoms with van der Waals surface area (Å²) in [7, 11) is 0. The number of fused-ring (bicyclic) bond motifs is 1. The molecule has 0 amide bonds. The summed E-state index contributed by atoms with van der Waals surface area (Å²) < 4.78 is 0. The van der Waals surface area contributed by atoms with E-state index >= 15 is 0 Å². The second kappa shape index (κ2) is 4.43. The van der Waals surface area contributed by atoms with Crippen molar-refractivity contribution in [2.24, 2.45) is 11.8 Å². The van der Waals surface area contributed by atoms with E-state index < -0.39 is 0 Å². The van der Waals surface area contributed by atoms with Gasteiger partial charge in [0.15, 0.2) is 0 Å². The second-order valence-electron chi connectivity index (χ2n) is 5.79. The second-order valence-corrected chi connectivity index (χ2v) is 5.79. The molecule has 2 nitrogen and oxygen atoms in total. The molecule has 2 heterocycles. The molecule has 0 saturated carbocycles. The third-order valence-electron chi connectivity index (χ3n) is 4.44. The van der Waals surface area contributed by atoms with Gasteiger partial charge >= 0.3 is 0 Å². The van der Waals surface area contributed by atoms with Crippen molar-refractivity contribution in [3.63, 3.8) is 0 Å². The van der Waals surface area contributed by atoms with Crippen molar-refractivity contribution >= 4 is 0 Å². The van der Waals surface area contributed by atoms with E-state index in [-0.39, 0.29) is 0 Å². The van der Waals surface area contributed by atoms with Gasteiger partial charge in [0, 0.05) is 19.6 Å². The summed E-state index contributed by atoms with van der Waals surface area (Å²) in [5, 5.41) is 3.50. The molecule has 2 unspecified atom stereocenters. The molecule has 1 aromatic rings. The highest BCUT2D eigenvalue weighted by atomic mass is 15.2. The Morgan fingerprint density at radius 2 is 1.82 bits per heavy atom. The van der Waals surface area contributed by atoms with Crippen molar-refractivity contribution in [3.05, 3.63) is 34.9 Å². The fourth-order valence-electron chi connectivity index (χ4n) is 3.24. The Hall–Kier alpha value is -0.860. The topological polar surface area (TPSA) is 15.3 Å². The Morgan fingerprint density at radius 1 is 1.12 bits per heavy atom. The fraction of sp³-hybridized carbons (Fsp3) is 0.600. The molecule has 92 valence electrons. The molecular weight excluding hydrogens is 208 g/mol. The molecule has 2 heteroatoms. The van der Waals surface area contributed by atoms with Crippen LogP contribution >= 0.6 is 0 Å². The van der Waals surface area contributed by atoms with E-state index in [0.717, 1.165) is 18.4 Å². The van der Waals surface area contributed by atoms with Crippen LogP contribution in [0.25, 0.3) is 0 Å². The van der Waals surface area contributed by atoms with Gasteiger partial charge in [0.05, 0.1) is 0 Å². The number of benzene rings is 1. The Kier molecular flexibility index (Phi) is 2.93. The summed E-state index contributed by atoms with van der Waals surface area (Å²) in [6.45, 7) is 10.6. The van der Waals surface area contributed by atoms with Crippen molar-refractivity contribution in [1.82, 2.24) is 10.2 Å². The summed E-state index contributed by atoms with van der Waals surface area (Å²) in [4.78, 5) is 2.63. The lowest BCUT2D eigenvalue weighted by molar-refractivity contribution is 0.305. The van der Waals surface area contributed by atoms with Crippen LogP contribution in [0, 0.1) is 25.7 Å². The summed E-state index contributed by atoms with van der Waals surface area (Å²) in [6, 6.07) is 6.89. The van der Waals surface area contributed by atoms with E-state index in [2.05, 4.69) is 42.3 Å². The third-order valence-corrected chi connectivity index (χ3v) is 4.44. The van der Waals surface area contributed by atoms with Crippen LogP contribution in [-0.4, -0.2) is 31.1 Å². The van der Waals surface area contributed by atoms with E-state index in [1.54, 1.807) is 0 Å². The number of rotatable bonds is 2. The summed E-state index contributed by atoms with van der Waals surface area (Å²) in [5.74, 6) is 1.81. The van der Waals surface area contributed by atoms with Crippen LogP contribution in [0.5, 0.6) is 0 Å². The van der Waals surface area contributed by atoms with Gasteiger partial charge in [-0.1, -0.05) is 18.2 Å². The van der Waals surface area contributed by atoms with Crippen molar-refractivity contribution < 1.29 is 0 Å². The maximum Gasteiger partial charge on any atom is 0.0234 e. The zero-order chi connectivity index (χ0) is 11.8. The molecule has 17 heavy (non-hydrogen) atoms. The lowest BCUT2D eigenvalue weighted by Gasteiger charge is -2.17. The van der Waals surface area contributed by atoms with E-state index in [0.29, 0.717) is 0 Å². The first-order valence-corrected chi connectivity index (χ1v) is 6.71. The Morgan fingerprint density at radius 3 is 2.47 bits per heavy atom. The number of nitrogens with one attached hydrogen (secondary N) is 1. The molecule has 1 N–H and O–H groups in total. The molecule has 2 aliphatic heterocycles. The van der Waals surface area contributed by atoms with Crippen LogP contribution < -0.4 is 5.32 Å². The van der Waals surface area contributed by atoms with Crippen molar-refractivity contribution in [1.29, 1.82) is 0 Å². The van der Waals surface area contributed by atoms with Crippen molar-refractivity contribution in [2.45, 2.75) is 20.4 Å². The SMILES string of the molecule is Cc1ccc(CN2CC3CNCC3C2)cc1C. The first-order chi connectivity index (χ1) is 8.22. The molecule has 0 spiro atoms. The predicted octanol–water partition coefficient (Wildman–Crippen LogP) is 1.95. The lowest BCUT2D eigenvalue weighted by Crippen LogP contribution is -2.25. The summed E-state index contributed by atoms with van der Waals surface area (Å²) in [6.07, 6.45) is 0. The first-order valence-electron chi connectivity index (χ1n) is 6.71. The molecule has 2 atom stereocenters. The van der Waals surface area contributed by atoms with Gasteiger partial charge in [-0.25, -0.2) is 0 Å². The molecule has 3 rings (SSSR count). The van der Waals surface area contributed by atoms with Crippen LogP contribution in [0.1, 0.15) is 16.7 Å². The Labute approximate surface area is 104 Å². The lowest BCUT2D eigenvalue weighted by atomic mass is 10.0. The largest absolute Gasteiger partial charge is 0.316 e. The zero-order valence-electron chi connectivity index (χ0n) is 10.9. The monoisotopic (exact) mass is 230 g/mol. The number of aryl methyl sites for hydroxylation is 2. The molecule has 1 aromatic carbocycles. The van der Waals surface area contributed by atoms with Crippen LogP contribution in [0.3, 0.4) is 0 Å². The highest BCUT2D eigenvalue weighted by Crippen LogP contribution is 2.27. The van der Waals surface area contributed by atoms with Gasteiger partial charge in [0.25, 0.3) is 0 Å². The quantitative estimate of drug-likeness (QED) is 0.835. The van der Waals surface area contributed by atoms with Crippen molar-refractivity contribution in [2.75, 3.05) is 26.2 Å². The number of nitrogens with zero attached hydrogens (tertiary/aromatic N) is 1. The molecule has 2 saturated heterocycles. The average Bonchev–Trinajstić information content (AvgIpc) is 2.84. The van der Waals surface area contributed by atoms with Crippen LogP contribution in [-0.2, 0) is 6.54 Å². The Bertz CT molecular complexity index is 401. The third kappa shape index (κ3) is 2.24. The van der Waals surface area contributed by atoms with Crippen LogP contribution in [0.15, 0.2) is 18.2 Å². The van der Waals surface area contributed by atoms with E-state index in [4.69, 9.17) is 0 Å². The Balaban J connectivity index is 1.65. The maximum absolute atomic E-state index is 3.50. The smallest absolute Gasteiger partial charge is 0.0234 e.